The molecule has 0 amide bonds. The second-order valence-electron chi connectivity index (χ2n) is 3.68. The van der Waals surface area contributed by atoms with Gasteiger partial charge >= 0.3 is 0 Å². The van der Waals surface area contributed by atoms with Crippen LogP contribution in [0.1, 0.15) is 32.6 Å². The summed E-state index contributed by atoms with van der Waals surface area (Å²) in [7, 11) is -3.24. The predicted molar refractivity (Wildman–Crippen MR) is 47.3 cm³/mol. The average Bonchev–Trinajstić information content (AvgIpc) is 1.91. The molecule has 0 spiro atoms. The first-order valence-electron chi connectivity index (χ1n) is 4.35. The smallest absolute Gasteiger partial charge is 0.264 e. The molecule has 0 aromatic carbocycles. The lowest BCUT2D eigenvalue weighted by molar-refractivity contribution is 0.143. The van der Waals surface area contributed by atoms with Crippen LogP contribution in [0.25, 0.3) is 0 Å². The normalized spacial score (nSPS) is 31.8. The molecule has 1 fully saturated rings. The quantitative estimate of drug-likeness (QED) is 0.623. The van der Waals surface area contributed by atoms with Crippen LogP contribution in [-0.4, -0.2) is 20.8 Å². The summed E-state index contributed by atoms with van der Waals surface area (Å²) < 4.78 is 26.4. The first-order valence-corrected chi connectivity index (χ1v) is 6.17. The molecule has 0 radical (unpaired) electrons. The summed E-state index contributed by atoms with van der Waals surface area (Å²) in [5.74, 6) is 0.726. The van der Waals surface area contributed by atoms with Crippen LogP contribution in [0.2, 0.25) is 0 Å². The van der Waals surface area contributed by atoms with E-state index in [1.54, 1.807) is 0 Å². The van der Waals surface area contributed by atoms with E-state index in [1.165, 1.54) is 0 Å². The van der Waals surface area contributed by atoms with E-state index in [2.05, 4.69) is 6.92 Å². The fourth-order valence-electron chi connectivity index (χ4n) is 1.57. The third-order valence-corrected chi connectivity index (χ3v) is 2.90. The molecule has 0 heterocycles. The van der Waals surface area contributed by atoms with Crippen LogP contribution in [0.3, 0.4) is 0 Å². The lowest BCUT2D eigenvalue weighted by atomic mass is 9.89. The van der Waals surface area contributed by atoms with E-state index in [0.717, 1.165) is 37.9 Å². The molecular formula is C8H16O3S. The monoisotopic (exact) mass is 192 g/mol. The molecule has 0 aliphatic heterocycles. The molecule has 1 rings (SSSR count). The first-order chi connectivity index (χ1) is 5.47. The Morgan fingerprint density at radius 1 is 1.17 bits per heavy atom. The van der Waals surface area contributed by atoms with Crippen LogP contribution < -0.4 is 0 Å². The van der Waals surface area contributed by atoms with Crippen molar-refractivity contribution in [2.45, 2.75) is 38.7 Å². The van der Waals surface area contributed by atoms with Crippen LogP contribution >= 0.6 is 0 Å². The van der Waals surface area contributed by atoms with E-state index in [9.17, 15) is 8.42 Å². The van der Waals surface area contributed by atoms with Gasteiger partial charge < -0.3 is 0 Å². The Morgan fingerprint density at radius 2 is 1.67 bits per heavy atom. The summed E-state index contributed by atoms with van der Waals surface area (Å²) in [6, 6.07) is 0. The highest BCUT2D eigenvalue weighted by Gasteiger charge is 2.21. The Labute approximate surface area is 74.2 Å². The fourth-order valence-corrected chi connectivity index (χ4v) is 2.26. The highest BCUT2D eigenvalue weighted by molar-refractivity contribution is 7.86. The van der Waals surface area contributed by atoms with E-state index >= 15 is 0 Å². The molecule has 0 N–H and O–H groups in total. The highest BCUT2D eigenvalue weighted by atomic mass is 32.2. The zero-order valence-electron chi connectivity index (χ0n) is 7.62. The van der Waals surface area contributed by atoms with Crippen molar-refractivity contribution >= 4 is 10.1 Å². The summed E-state index contributed by atoms with van der Waals surface area (Å²) >= 11 is 0. The molecule has 3 nitrogen and oxygen atoms in total. The van der Waals surface area contributed by atoms with Gasteiger partial charge in [0.1, 0.15) is 0 Å². The Morgan fingerprint density at radius 3 is 2.08 bits per heavy atom. The summed E-state index contributed by atoms with van der Waals surface area (Å²) in [6.45, 7) is 2.19. The second kappa shape index (κ2) is 3.75. The molecule has 0 bridgehead atoms. The largest absolute Gasteiger partial charge is 0.267 e. The van der Waals surface area contributed by atoms with Crippen molar-refractivity contribution in [1.29, 1.82) is 0 Å². The molecule has 0 unspecified atom stereocenters. The maximum atomic E-state index is 10.8. The molecular weight excluding hydrogens is 176 g/mol. The Kier molecular flexibility index (Phi) is 3.12. The van der Waals surface area contributed by atoms with Gasteiger partial charge in [-0.15, -0.1) is 0 Å². The van der Waals surface area contributed by atoms with E-state index in [1.807, 2.05) is 0 Å². The van der Waals surface area contributed by atoms with Crippen LogP contribution in [0.4, 0.5) is 0 Å². The number of hydrogen-bond acceptors (Lipinski definition) is 3. The fraction of sp³-hybridized carbons (Fsp3) is 1.00. The van der Waals surface area contributed by atoms with E-state index in [-0.39, 0.29) is 6.10 Å². The Hall–Kier alpha value is -0.0900. The SMILES string of the molecule is CS(=O)(=O)O[C@H]1CC[C@@H](C)CC1. The van der Waals surface area contributed by atoms with Crippen molar-refractivity contribution in [1.82, 2.24) is 0 Å². The topological polar surface area (TPSA) is 43.4 Å². The maximum absolute atomic E-state index is 10.8. The first kappa shape index (κ1) is 9.99. The van der Waals surface area contributed by atoms with Gasteiger partial charge in [-0.05, 0) is 31.6 Å². The molecule has 0 atom stereocenters. The summed E-state index contributed by atoms with van der Waals surface area (Å²) in [5.41, 5.74) is 0. The standard InChI is InChI=1S/C8H16O3S/c1-7-3-5-8(6-4-7)11-12(2,9)10/h7-8H,3-6H2,1-2H3/t7-,8+. The molecule has 0 saturated heterocycles. The predicted octanol–water partition coefficient (Wildman–Crippen LogP) is 1.54. The van der Waals surface area contributed by atoms with Crippen molar-refractivity contribution in [2.75, 3.05) is 6.26 Å². The van der Waals surface area contributed by atoms with Crippen LogP contribution in [-0.2, 0) is 14.3 Å². The van der Waals surface area contributed by atoms with Gasteiger partial charge in [-0.25, -0.2) is 0 Å². The lowest BCUT2D eigenvalue weighted by Crippen LogP contribution is -2.23. The molecule has 1 aliphatic rings. The minimum atomic E-state index is -3.24. The highest BCUT2D eigenvalue weighted by Crippen LogP contribution is 2.26. The van der Waals surface area contributed by atoms with E-state index in [4.69, 9.17) is 4.18 Å². The number of rotatable bonds is 2. The third kappa shape index (κ3) is 3.54. The minimum Gasteiger partial charge on any atom is -0.267 e. The van der Waals surface area contributed by atoms with Gasteiger partial charge in [-0.3, -0.25) is 4.18 Å². The molecule has 0 aromatic heterocycles. The molecule has 4 heteroatoms. The molecule has 1 aliphatic carbocycles. The molecule has 1 saturated carbocycles. The summed E-state index contributed by atoms with van der Waals surface area (Å²) in [4.78, 5) is 0. The third-order valence-electron chi connectivity index (χ3n) is 2.27. The van der Waals surface area contributed by atoms with Gasteiger partial charge in [0.2, 0.25) is 0 Å². The van der Waals surface area contributed by atoms with Crippen LogP contribution in [0.15, 0.2) is 0 Å². The maximum Gasteiger partial charge on any atom is 0.264 e. The van der Waals surface area contributed by atoms with Gasteiger partial charge in [0.25, 0.3) is 10.1 Å². The Balaban J connectivity index is 2.36. The van der Waals surface area contributed by atoms with Crippen molar-refractivity contribution < 1.29 is 12.6 Å². The Bertz CT molecular complexity index is 225. The van der Waals surface area contributed by atoms with E-state index in [0.29, 0.717) is 0 Å². The minimum absolute atomic E-state index is 0.0591. The molecule has 72 valence electrons. The van der Waals surface area contributed by atoms with Crippen LogP contribution in [0, 0.1) is 5.92 Å². The van der Waals surface area contributed by atoms with Gasteiger partial charge in [0, 0.05) is 0 Å². The van der Waals surface area contributed by atoms with Gasteiger partial charge in [0.15, 0.2) is 0 Å². The molecule has 0 aromatic rings. The summed E-state index contributed by atoms with van der Waals surface area (Å²) in [5, 5.41) is 0. The molecule has 12 heavy (non-hydrogen) atoms. The van der Waals surface area contributed by atoms with Crippen molar-refractivity contribution in [3.8, 4) is 0 Å². The van der Waals surface area contributed by atoms with E-state index < -0.39 is 10.1 Å². The lowest BCUT2D eigenvalue weighted by Gasteiger charge is -2.24. The van der Waals surface area contributed by atoms with Crippen molar-refractivity contribution in [3.63, 3.8) is 0 Å². The average molecular weight is 192 g/mol. The van der Waals surface area contributed by atoms with Gasteiger partial charge in [-0.1, -0.05) is 6.92 Å². The zero-order valence-corrected chi connectivity index (χ0v) is 8.43. The summed E-state index contributed by atoms with van der Waals surface area (Å²) in [6.07, 6.45) is 4.99. The van der Waals surface area contributed by atoms with Gasteiger partial charge in [0.05, 0.1) is 12.4 Å². The second-order valence-corrected chi connectivity index (χ2v) is 5.28. The van der Waals surface area contributed by atoms with Crippen molar-refractivity contribution in [3.05, 3.63) is 0 Å². The van der Waals surface area contributed by atoms with Crippen molar-refractivity contribution in [2.24, 2.45) is 5.92 Å². The van der Waals surface area contributed by atoms with Gasteiger partial charge in [-0.2, -0.15) is 8.42 Å². The number of hydrogen-bond donors (Lipinski definition) is 0. The van der Waals surface area contributed by atoms with Crippen LogP contribution in [0.5, 0.6) is 0 Å². The zero-order chi connectivity index (χ0) is 9.19.